The standard InChI is InChI=1S/C21H32N4O2S/c1-4-24(5-2)12-6-11-22-20(26)16-9-13-25(14-10-16)21-23-18-8-7-17(27-3)15-19(18)28-21/h7-8,15-16H,4-6,9-14H2,1-3H3,(H,22,26). The molecule has 1 aromatic carbocycles. The number of hydrogen-bond acceptors (Lipinski definition) is 6. The molecule has 0 radical (unpaired) electrons. The third-order valence-corrected chi connectivity index (χ3v) is 6.64. The maximum atomic E-state index is 12.5. The van der Waals surface area contributed by atoms with Gasteiger partial charge >= 0.3 is 0 Å². The molecular formula is C21H32N4O2S. The zero-order valence-electron chi connectivity index (χ0n) is 17.2. The van der Waals surface area contributed by atoms with Crippen molar-refractivity contribution in [2.75, 3.05) is 51.3 Å². The fourth-order valence-corrected chi connectivity index (χ4v) is 4.73. The molecule has 1 aliphatic heterocycles. The van der Waals surface area contributed by atoms with Gasteiger partial charge in [-0.15, -0.1) is 0 Å². The summed E-state index contributed by atoms with van der Waals surface area (Å²) in [5, 5.41) is 4.18. The average molecular weight is 405 g/mol. The van der Waals surface area contributed by atoms with E-state index in [4.69, 9.17) is 9.72 Å². The minimum atomic E-state index is 0.124. The summed E-state index contributed by atoms with van der Waals surface area (Å²) in [6.45, 7) is 10.1. The molecule has 154 valence electrons. The minimum Gasteiger partial charge on any atom is -0.497 e. The van der Waals surface area contributed by atoms with Gasteiger partial charge in [-0.05, 0) is 57.1 Å². The van der Waals surface area contributed by atoms with Gasteiger partial charge in [-0.1, -0.05) is 25.2 Å². The molecule has 1 aromatic heterocycles. The van der Waals surface area contributed by atoms with E-state index in [1.165, 1.54) is 0 Å². The van der Waals surface area contributed by atoms with Gasteiger partial charge < -0.3 is 19.9 Å². The topological polar surface area (TPSA) is 57.7 Å². The zero-order chi connectivity index (χ0) is 19.9. The summed E-state index contributed by atoms with van der Waals surface area (Å²) < 4.78 is 6.44. The van der Waals surface area contributed by atoms with Crippen molar-refractivity contribution in [2.45, 2.75) is 33.1 Å². The van der Waals surface area contributed by atoms with Crippen LogP contribution in [-0.2, 0) is 4.79 Å². The van der Waals surface area contributed by atoms with Crippen LogP contribution in [0.4, 0.5) is 5.13 Å². The number of nitrogens with zero attached hydrogens (tertiary/aromatic N) is 3. The number of hydrogen-bond donors (Lipinski definition) is 1. The monoisotopic (exact) mass is 404 g/mol. The zero-order valence-corrected chi connectivity index (χ0v) is 18.1. The number of anilines is 1. The Morgan fingerprint density at radius 3 is 2.75 bits per heavy atom. The normalized spacial score (nSPS) is 15.4. The first-order chi connectivity index (χ1) is 13.6. The summed E-state index contributed by atoms with van der Waals surface area (Å²) in [5.41, 5.74) is 1.01. The van der Waals surface area contributed by atoms with Gasteiger partial charge in [0.05, 0.1) is 17.3 Å². The van der Waals surface area contributed by atoms with Crippen LogP contribution in [0.25, 0.3) is 10.2 Å². The first-order valence-electron chi connectivity index (χ1n) is 10.3. The van der Waals surface area contributed by atoms with E-state index in [-0.39, 0.29) is 11.8 Å². The molecule has 1 amide bonds. The van der Waals surface area contributed by atoms with Crippen molar-refractivity contribution in [3.8, 4) is 5.75 Å². The number of benzene rings is 1. The number of fused-ring (bicyclic) bond motifs is 1. The largest absolute Gasteiger partial charge is 0.497 e. The molecule has 1 aliphatic rings. The number of piperidine rings is 1. The molecule has 7 heteroatoms. The highest BCUT2D eigenvalue weighted by molar-refractivity contribution is 7.22. The van der Waals surface area contributed by atoms with Gasteiger partial charge in [0.2, 0.25) is 5.91 Å². The number of carbonyl (C=O) groups excluding carboxylic acids is 1. The lowest BCUT2D eigenvalue weighted by Crippen LogP contribution is -2.41. The van der Waals surface area contributed by atoms with Crippen molar-refractivity contribution in [1.82, 2.24) is 15.2 Å². The van der Waals surface area contributed by atoms with E-state index in [1.807, 2.05) is 18.2 Å². The lowest BCUT2D eigenvalue weighted by atomic mass is 9.96. The second kappa shape index (κ2) is 10.1. The molecule has 1 N–H and O–H groups in total. The molecule has 28 heavy (non-hydrogen) atoms. The number of ether oxygens (including phenoxy) is 1. The number of methoxy groups -OCH3 is 1. The molecule has 1 saturated heterocycles. The number of carbonyl (C=O) groups is 1. The number of nitrogens with one attached hydrogen (secondary N) is 1. The number of aromatic nitrogens is 1. The SMILES string of the molecule is CCN(CC)CCCNC(=O)C1CCN(c2nc3ccc(OC)cc3s2)CC1. The molecular weight excluding hydrogens is 372 g/mol. The maximum Gasteiger partial charge on any atom is 0.223 e. The van der Waals surface area contributed by atoms with Crippen molar-refractivity contribution < 1.29 is 9.53 Å². The molecule has 6 nitrogen and oxygen atoms in total. The van der Waals surface area contributed by atoms with E-state index in [1.54, 1.807) is 18.4 Å². The van der Waals surface area contributed by atoms with Crippen molar-refractivity contribution in [3.63, 3.8) is 0 Å². The summed E-state index contributed by atoms with van der Waals surface area (Å²) in [5.74, 6) is 1.20. The highest BCUT2D eigenvalue weighted by Crippen LogP contribution is 2.33. The van der Waals surface area contributed by atoms with Crippen molar-refractivity contribution in [2.24, 2.45) is 5.92 Å². The third kappa shape index (κ3) is 5.14. The van der Waals surface area contributed by atoms with E-state index >= 15 is 0 Å². The van der Waals surface area contributed by atoms with Gasteiger partial charge in [-0.2, -0.15) is 0 Å². The molecule has 0 aliphatic carbocycles. The minimum absolute atomic E-state index is 0.124. The van der Waals surface area contributed by atoms with Crippen LogP contribution in [-0.4, -0.2) is 62.2 Å². The fraction of sp³-hybridized carbons (Fsp3) is 0.619. The van der Waals surface area contributed by atoms with Crippen LogP contribution in [0.15, 0.2) is 18.2 Å². The fourth-order valence-electron chi connectivity index (χ4n) is 3.69. The molecule has 0 saturated carbocycles. The Kier molecular flexibility index (Phi) is 7.50. The summed E-state index contributed by atoms with van der Waals surface area (Å²) in [4.78, 5) is 21.9. The Morgan fingerprint density at radius 2 is 2.07 bits per heavy atom. The maximum absolute atomic E-state index is 12.5. The van der Waals surface area contributed by atoms with Crippen LogP contribution < -0.4 is 15.0 Å². The Bertz CT molecular complexity index is 767. The number of amides is 1. The van der Waals surface area contributed by atoms with Crippen LogP contribution in [0.3, 0.4) is 0 Å². The lowest BCUT2D eigenvalue weighted by Gasteiger charge is -2.31. The van der Waals surface area contributed by atoms with Gasteiger partial charge in [0.25, 0.3) is 0 Å². The van der Waals surface area contributed by atoms with Crippen LogP contribution in [0.5, 0.6) is 5.75 Å². The summed E-state index contributed by atoms with van der Waals surface area (Å²) in [7, 11) is 1.68. The molecule has 2 aromatic rings. The Balaban J connectivity index is 1.45. The van der Waals surface area contributed by atoms with E-state index in [0.717, 1.165) is 79.6 Å². The number of rotatable bonds is 9. The molecule has 0 spiro atoms. The summed E-state index contributed by atoms with van der Waals surface area (Å²) >= 11 is 1.70. The first-order valence-corrected chi connectivity index (χ1v) is 11.2. The average Bonchev–Trinajstić information content (AvgIpc) is 3.17. The Labute approximate surface area is 171 Å². The molecule has 1 fully saturated rings. The Morgan fingerprint density at radius 1 is 1.32 bits per heavy atom. The molecule has 3 rings (SSSR count). The van der Waals surface area contributed by atoms with Gasteiger partial charge in [0.1, 0.15) is 5.75 Å². The predicted octanol–water partition coefficient (Wildman–Crippen LogP) is 3.37. The molecule has 0 bridgehead atoms. The van der Waals surface area contributed by atoms with Crippen molar-refractivity contribution in [1.29, 1.82) is 0 Å². The molecule has 0 atom stereocenters. The van der Waals surface area contributed by atoms with Crippen molar-refractivity contribution >= 4 is 32.6 Å². The first kappa shape index (κ1) is 20.9. The van der Waals surface area contributed by atoms with E-state index < -0.39 is 0 Å². The molecule has 2 heterocycles. The predicted molar refractivity (Wildman–Crippen MR) is 117 cm³/mol. The molecule has 0 unspecified atom stereocenters. The van der Waals surface area contributed by atoms with Crippen LogP contribution >= 0.6 is 11.3 Å². The van der Waals surface area contributed by atoms with E-state index in [0.29, 0.717) is 0 Å². The highest BCUT2D eigenvalue weighted by Gasteiger charge is 2.26. The van der Waals surface area contributed by atoms with Gasteiger partial charge in [-0.3, -0.25) is 4.79 Å². The van der Waals surface area contributed by atoms with Crippen LogP contribution in [0, 0.1) is 5.92 Å². The smallest absolute Gasteiger partial charge is 0.223 e. The second-order valence-corrected chi connectivity index (χ2v) is 8.27. The van der Waals surface area contributed by atoms with E-state index in [9.17, 15) is 4.79 Å². The second-order valence-electron chi connectivity index (χ2n) is 7.26. The van der Waals surface area contributed by atoms with Gasteiger partial charge in [0.15, 0.2) is 5.13 Å². The van der Waals surface area contributed by atoms with Crippen LogP contribution in [0.1, 0.15) is 33.1 Å². The van der Waals surface area contributed by atoms with Crippen LogP contribution in [0.2, 0.25) is 0 Å². The van der Waals surface area contributed by atoms with Gasteiger partial charge in [0, 0.05) is 25.6 Å². The van der Waals surface area contributed by atoms with Gasteiger partial charge in [-0.25, -0.2) is 4.98 Å². The van der Waals surface area contributed by atoms with Crippen molar-refractivity contribution in [3.05, 3.63) is 18.2 Å². The van der Waals surface area contributed by atoms with E-state index in [2.05, 4.69) is 29.0 Å². The third-order valence-electron chi connectivity index (χ3n) is 5.57. The number of thiazole rings is 1. The summed E-state index contributed by atoms with van der Waals surface area (Å²) in [6.07, 6.45) is 2.80. The quantitative estimate of drug-likeness (QED) is 0.650. The summed E-state index contributed by atoms with van der Waals surface area (Å²) in [6, 6.07) is 5.99. The Hall–Kier alpha value is -1.86. The highest BCUT2D eigenvalue weighted by atomic mass is 32.1. The lowest BCUT2D eigenvalue weighted by molar-refractivity contribution is -0.125.